The van der Waals surface area contributed by atoms with E-state index in [1.807, 2.05) is 6.92 Å². The third-order valence-electron chi connectivity index (χ3n) is 4.16. The second-order valence-electron chi connectivity index (χ2n) is 5.51. The van der Waals surface area contributed by atoms with Gasteiger partial charge in [-0.1, -0.05) is 12.1 Å². The van der Waals surface area contributed by atoms with Crippen molar-refractivity contribution in [2.75, 3.05) is 39.9 Å². The highest BCUT2D eigenvalue weighted by molar-refractivity contribution is 5.76. The minimum Gasteiger partial charge on any atom is -0.380 e. The molecular weight excluding hydrogens is 264 g/mol. The molecule has 5 heteroatoms. The monoisotopic (exact) mass is 288 g/mol. The zero-order valence-corrected chi connectivity index (χ0v) is 12.9. The molecular formula is C16H24N4O. The molecule has 21 heavy (non-hydrogen) atoms. The Morgan fingerprint density at radius 3 is 3.05 bits per heavy atom. The van der Waals surface area contributed by atoms with Gasteiger partial charge in [0.15, 0.2) is 0 Å². The zero-order chi connectivity index (χ0) is 14.7. The number of nitrogens with zero attached hydrogens (tertiary/aromatic N) is 3. The second kappa shape index (κ2) is 6.56. The quantitative estimate of drug-likeness (QED) is 0.850. The molecule has 3 rings (SSSR count). The largest absolute Gasteiger partial charge is 0.380 e. The van der Waals surface area contributed by atoms with Crippen LogP contribution in [0.3, 0.4) is 0 Å². The lowest BCUT2D eigenvalue weighted by Gasteiger charge is -2.32. The summed E-state index contributed by atoms with van der Waals surface area (Å²) in [6, 6.07) is 8.69. The van der Waals surface area contributed by atoms with E-state index in [4.69, 9.17) is 9.72 Å². The Morgan fingerprint density at radius 1 is 1.38 bits per heavy atom. The molecule has 1 aliphatic rings. The average molecular weight is 288 g/mol. The number of benzene rings is 1. The predicted octanol–water partition coefficient (Wildman–Crippen LogP) is 1.65. The van der Waals surface area contributed by atoms with Crippen molar-refractivity contribution >= 4 is 11.0 Å². The maximum absolute atomic E-state index is 5.55. The number of likely N-dealkylation sites (N-methyl/N-ethyl adjacent to an activating group) is 1. The van der Waals surface area contributed by atoms with Crippen LogP contribution in [0.5, 0.6) is 0 Å². The Morgan fingerprint density at radius 2 is 2.24 bits per heavy atom. The van der Waals surface area contributed by atoms with Crippen LogP contribution in [0.1, 0.15) is 18.8 Å². The SMILES string of the molecule is CCOCCn1c(C2CNCCN2C)nc2ccccc21. The van der Waals surface area contributed by atoms with Crippen LogP contribution in [0, 0.1) is 0 Å². The molecule has 0 saturated carbocycles. The highest BCUT2D eigenvalue weighted by Crippen LogP contribution is 2.25. The van der Waals surface area contributed by atoms with Gasteiger partial charge < -0.3 is 14.6 Å². The van der Waals surface area contributed by atoms with Gasteiger partial charge in [-0.2, -0.15) is 0 Å². The molecule has 0 amide bonds. The van der Waals surface area contributed by atoms with Gasteiger partial charge in [0.1, 0.15) is 5.82 Å². The molecule has 114 valence electrons. The Bertz CT molecular complexity index is 595. The summed E-state index contributed by atoms with van der Waals surface area (Å²) in [7, 11) is 2.18. The van der Waals surface area contributed by atoms with Gasteiger partial charge in [0.05, 0.1) is 23.7 Å². The summed E-state index contributed by atoms with van der Waals surface area (Å²) in [6.45, 7) is 7.43. The first-order valence-electron chi connectivity index (χ1n) is 7.75. The van der Waals surface area contributed by atoms with E-state index in [1.54, 1.807) is 0 Å². The molecule has 5 nitrogen and oxygen atoms in total. The Hall–Kier alpha value is -1.43. The van der Waals surface area contributed by atoms with E-state index in [9.17, 15) is 0 Å². The lowest BCUT2D eigenvalue weighted by Crippen LogP contribution is -2.44. The summed E-state index contributed by atoms with van der Waals surface area (Å²) in [5.74, 6) is 1.14. The maximum atomic E-state index is 5.55. The van der Waals surface area contributed by atoms with E-state index in [2.05, 4.69) is 46.1 Å². The van der Waals surface area contributed by atoms with Gasteiger partial charge >= 0.3 is 0 Å². The fraction of sp³-hybridized carbons (Fsp3) is 0.562. The molecule has 1 saturated heterocycles. The van der Waals surface area contributed by atoms with Crippen molar-refractivity contribution in [2.24, 2.45) is 0 Å². The summed E-state index contributed by atoms with van der Waals surface area (Å²) < 4.78 is 7.87. The number of hydrogen-bond donors (Lipinski definition) is 1. The van der Waals surface area contributed by atoms with Gasteiger partial charge in [-0.05, 0) is 26.1 Å². The minimum atomic E-state index is 0.327. The molecule has 1 N–H and O–H groups in total. The van der Waals surface area contributed by atoms with Crippen LogP contribution in [0.25, 0.3) is 11.0 Å². The topological polar surface area (TPSA) is 42.3 Å². The zero-order valence-electron chi connectivity index (χ0n) is 12.9. The summed E-state index contributed by atoms with van der Waals surface area (Å²) in [5.41, 5.74) is 2.27. The van der Waals surface area contributed by atoms with Crippen molar-refractivity contribution in [3.05, 3.63) is 30.1 Å². The van der Waals surface area contributed by atoms with Crippen LogP contribution in [-0.2, 0) is 11.3 Å². The molecule has 2 aromatic rings. The molecule has 0 aliphatic carbocycles. The van der Waals surface area contributed by atoms with Crippen molar-refractivity contribution in [3.63, 3.8) is 0 Å². The number of rotatable bonds is 5. The van der Waals surface area contributed by atoms with Gasteiger partial charge in [-0.3, -0.25) is 4.90 Å². The third-order valence-corrected chi connectivity index (χ3v) is 4.16. The lowest BCUT2D eigenvalue weighted by atomic mass is 10.2. The predicted molar refractivity (Wildman–Crippen MR) is 84.5 cm³/mol. The smallest absolute Gasteiger partial charge is 0.128 e. The van der Waals surface area contributed by atoms with E-state index < -0.39 is 0 Å². The molecule has 1 atom stereocenters. The van der Waals surface area contributed by atoms with Crippen LogP contribution in [0.4, 0.5) is 0 Å². The van der Waals surface area contributed by atoms with Crippen LogP contribution >= 0.6 is 0 Å². The fourth-order valence-corrected chi connectivity index (χ4v) is 2.98. The molecule has 0 radical (unpaired) electrons. The first-order chi connectivity index (χ1) is 10.3. The first-order valence-corrected chi connectivity index (χ1v) is 7.75. The highest BCUT2D eigenvalue weighted by Gasteiger charge is 2.26. The molecule has 1 unspecified atom stereocenters. The van der Waals surface area contributed by atoms with E-state index >= 15 is 0 Å². The lowest BCUT2D eigenvalue weighted by molar-refractivity contribution is 0.135. The van der Waals surface area contributed by atoms with Gasteiger partial charge in [0.25, 0.3) is 0 Å². The minimum absolute atomic E-state index is 0.327. The number of ether oxygens (including phenoxy) is 1. The van der Waals surface area contributed by atoms with Crippen molar-refractivity contribution in [3.8, 4) is 0 Å². The average Bonchev–Trinajstić information content (AvgIpc) is 2.87. The molecule has 1 fully saturated rings. The Kier molecular flexibility index (Phi) is 4.53. The van der Waals surface area contributed by atoms with Gasteiger partial charge in [-0.15, -0.1) is 0 Å². The Labute approximate surface area is 125 Å². The second-order valence-corrected chi connectivity index (χ2v) is 5.51. The standard InChI is InChI=1S/C16H24N4O/c1-3-21-11-10-20-14-7-5-4-6-13(14)18-16(20)15-12-17-8-9-19(15)2/h4-7,15,17H,3,8-12H2,1-2H3. The number of para-hydroxylation sites is 2. The summed E-state index contributed by atoms with van der Waals surface area (Å²) >= 11 is 0. The van der Waals surface area contributed by atoms with Crippen molar-refractivity contribution in [2.45, 2.75) is 19.5 Å². The number of piperazine rings is 1. The van der Waals surface area contributed by atoms with Crippen molar-refractivity contribution < 1.29 is 4.74 Å². The number of hydrogen-bond acceptors (Lipinski definition) is 4. The normalized spacial score (nSPS) is 20.2. The molecule has 1 aromatic carbocycles. The van der Waals surface area contributed by atoms with E-state index in [0.717, 1.165) is 50.7 Å². The summed E-state index contributed by atoms with van der Waals surface area (Å²) in [6.07, 6.45) is 0. The third kappa shape index (κ3) is 2.95. The highest BCUT2D eigenvalue weighted by atomic mass is 16.5. The molecule has 1 aliphatic heterocycles. The number of imidazole rings is 1. The molecule has 0 bridgehead atoms. The maximum Gasteiger partial charge on any atom is 0.128 e. The van der Waals surface area contributed by atoms with E-state index in [1.165, 1.54) is 5.52 Å². The van der Waals surface area contributed by atoms with E-state index in [0.29, 0.717) is 6.04 Å². The van der Waals surface area contributed by atoms with Gasteiger partial charge in [0.2, 0.25) is 0 Å². The summed E-state index contributed by atoms with van der Waals surface area (Å²) in [4.78, 5) is 7.28. The van der Waals surface area contributed by atoms with Gasteiger partial charge in [0, 0.05) is 32.8 Å². The summed E-state index contributed by atoms with van der Waals surface area (Å²) in [5, 5.41) is 3.48. The number of aromatic nitrogens is 2. The van der Waals surface area contributed by atoms with Crippen LogP contribution < -0.4 is 5.32 Å². The molecule has 1 aromatic heterocycles. The number of nitrogens with one attached hydrogen (secondary N) is 1. The Balaban J connectivity index is 1.97. The van der Waals surface area contributed by atoms with Crippen molar-refractivity contribution in [1.29, 1.82) is 0 Å². The van der Waals surface area contributed by atoms with Crippen LogP contribution in [-0.4, -0.2) is 54.3 Å². The molecule has 2 heterocycles. The van der Waals surface area contributed by atoms with Crippen LogP contribution in [0.15, 0.2) is 24.3 Å². The first kappa shape index (κ1) is 14.5. The fourth-order valence-electron chi connectivity index (χ4n) is 2.98. The van der Waals surface area contributed by atoms with Crippen molar-refractivity contribution in [1.82, 2.24) is 19.8 Å². The van der Waals surface area contributed by atoms with Crippen LogP contribution in [0.2, 0.25) is 0 Å². The molecule has 0 spiro atoms. The van der Waals surface area contributed by atoms with E-state index in [-0.39, 0.29) is 0 Å². The van der Waals surface area contributed by atoms with Gasteiger partial charge in [-0.25, -0.2) is 4.98 Å². The number of fused-ring (bicyclic) bond motifs is 1.